The summed E-state index contributed by atoms with van der Waals surface area (Å²) in [6, 6.07) is 32.8. The zero-order valence-electron chi connectivity index (χ0n) is 22.4. The molecule has 0 spiro atoms. The van der Waals surface area contributed by atoms with Gasteiger partial charge in [-0.1, -0.05) is 61.5 Å². The molecule has 5 heteroatoms. The Balaban J connectivity index is 1.69. The number of likely N-dealkylation sites (N-methyl/N-ethyl adjacent to an activating group) is 1. The van der Waals surface area contributed by atoms with Crippen LogP contribution >= 0.6 is 0 Å². The minimum atomic E-state index is 0.00711. The van der Waals surface area contributed by atoms with Crippen molar-refractivity contribution in [1.29, 1.82) is 0 Å². The van der Waals surface area contributed by atoms with E-state index >= 15 is 0 Å². The van der Waals surface area contributed by atoms with Crippen LogP contribution in [-0.4, -0.2) is 44.4 Å². The molecule has 0 unspecified atom stereocenters. The monoisotopic (exact) mass is 508 g/mol. The summed E-state index contributed by atoms with van der Waals surface area (Å²) in [6.07, 6.45) is 0.869. The van der Waals surface area contributed by atoms with Crippen LogP contribution in [0.2, 0.25) is 0 Å². The topological polar surface area (TPSA) is 51.2 Å². The Morgan fingerprint density at radius 2 is 1.45 bits per heavy atom. The fourth-order valence-corrected chi connectivity index (χ4v) is 4.28. The van der Waals surface area contributed by atoms with Crippen LogP contribution in [0.15, 0.2) is 91.0 Å². The number of aromatic hydroxyl groups is 1. The summed E-state index contributed by atoms with van der Waals surface area (Å²) in [7, 11) is 5.56. The van der Waals surface area contributed by atoms with E-state index in [2.05, 4.69) is 66.4 Å². The fraction of sp³-hybridized carbons (Fsp3) is 0.212. The SMILES string of the molecule is CCC(=C(c1ccc(OCCN(C)C)cc1)c1ccc(Oc2[c]ccc(O)c2OC)cc1)c1ccccc1. The third-order valence-corrected chi connectivity index (χ3v) is 6.19. The van der Waals surface area contributed by atoms with Crippen LogP contribution < -0.4 is 14.2 Å². The maximum atomic E-state index is 10.1. The smallest absolute Gasteiger partial charge is 0.204 e. The Bertz CT molecular complexity index is 1340. The molecule has 0 atom stereocenters. The zero-order valence-corrected chi connectivity index (χ0v) is 22.4. The molecule has 4 rings (SSSR count). The summed E-state index contributed by atoms with van der Waals surface area (Å²) >= 11 is 0. The number of phenolic OH excluding ortho intramolecular Hbond substituents is 1. The summed E-state index contributed by atoms with van der Waals surface area (Å²) < 4.78 is 17.2. The Kier molecular flexibility index (Phi) is 9.07. The second-order valence-corrected chi connectivity index (χ2v) is 9.10. The summed E-state index contributed by atoms with van der Waals surface area (Å²) in [5.41, 5.74) is 5.79. The number of methoxy groups -OCH3 is 1. The van der Waals surface area contributed by atoms with Crippen molar-refractivity contribution in [3.8, 4) is 28.7 Å². The predicted molar refractivity (Wildman–Crippen MR) is 153 cm³/mol. The van der Waals surface area contributed by atoms with Gasteiger partial charge in [-0.2, -0.15) is 0 Å². The molecule has 0 aliphatic heterocycles. The number of benzene rings is 4. The van der Waals surface area contributed by atoms with E-state index in [0.29, 0.717) is 18.1 Å². The number of ether oxygens (including phenoxy) is 3. The molecule has 5 nitrogen and oxygen atoms in total. The first-order valence-corrected chi connectivity index (χ1v) is 12.7. The lowest BCUT2D eigenvalue weighted by atomic mass is 9.88. The molecule has 0 amide bonds. The number of rotatable bonds is 11. The lowest BCUT2D eigenvalue weighted by molar-refractivity contribution is 0.261. The molecule has 4 aromatic carbocycles. The number of nitrogens with zero attached hydrogens (tertiary/aromatic N) is 1. The first-order valence-electron chi connectivity index (χ1n) is 12.7. The fourth-order valence-electron chi connectivity index (χ4n) is 4.28. The third kappa shape index (κ3) is 6.55. The van der Waals surface area contributed by atoms with Gasteiger partial charge in [-0.05, 0) is 84.8 Å². The lowest BCUT2D eigenvalue weighted by Gasteiger charge is -2.18. The van der Waals surface area contributed by atoms with Gasteiger partial charge in [-0.25, -0.2) is 0 Å². The van der Waals surface area contributed by atoms with Gasteiger partial charge < -0.3 is 24.2 Å². The normalized spacial score (nSPS) is 11.7. The van der Waals surface area contributed by atoms with Gasteiger partial charge in [0.2, 0.25) is 5.75 Å². The van der Waals surface area contributed by atoms with Crippen LogP contribution in [0, 0.1) is 6.07 Å². The van der Waals surface area contributed by atoms with E-state index in [9.17, 15) is 5.11 Å². The van der Waals surface area contributed by atoms with E-state index in [1.165, 1.54) is 24.3 Å². The van der Waals surface area contributed by atoms with Crippen LogP contribution in [0.1, 0.15) is 30.0 Å². The van der Waals surface area contributed by atoms with Crippen molar-refractivity contribution < 1.29 is 19.3 Å². The Labute approximate surface area is 225 Å². The number of allylic oxidation sites excluding steroid dienone is 1. The minimum Gasteiger partial charge on any atom is -0.504 e. The number of phenols is 1. The molecule has 0 heterocycles. The maximum absolute atomic E-state index is 10.1. The van der Waals surface area contributed by atoms with Gasteiger partial charge in [0.25, 0.3) is 0 Å². The summed E-state index contributed by atoms with van der Waals surface area (Å²) in [5.74, 6) is 2.07. The molecule has 0 saturated carbocycles. The van der Waals surface area contributed by atoms with E-state index in [1.54, 1.807) is 6.07 Å². The molecule has 1 radical (unpaired) electrons. The van der Waals surface area contributed by atoms with Crippen molar-refractivity contribution in [3.63, 3.8) is 0 Å². The van der Waals surface area contributed by atoms with E-state index < -0.39 is 0 Å². The highest BCUT2D eigenvalue weighted by atomic mass is 16.5. The predicted octanol–water partition coefficient (Wildman–Crippen LogP) is 7.30. The lowest BCUT2D eigenvalue weighted by Crippen LogP contribution is -2.19. The van der Waals surface area contributed by atoms with Gasteiger partial charge in [-0.15, -0.1) is 0 Å². The minimum absolute atomic E-state index is 0.00711. The first kappa shape index (κ1) is 26.8. The maximum Gasteiger partial charge on any atom is 0.204 e. The first-order chi connectivity index (χ1) is 18.5. The summed E-state index contributed by atoms with van der Waals surface area (Å²) in [4.78, 5) is 2.10. The Morgan fingerprint density at radius 1 is 0.816 bits per heavy atom. The van der Waals surface area contributed by atoms with E-state index in [4.69, 9.17) is 14.2 Å². The summed E-state index contributed by atoms with van der Waals surface area (Å²) in [6.45, 7) is 3.69. The van der Waals surface area contributed by atoms with Gasteiger partial charge in [0.15, 0.2) is 11.5 Å². The Hall–Kier alpha value is -4.22. The molecule has 1 N–H and O–H groups in total. The largest absolute Gasteiger partial charge is 0.504 e. The standard InChI is InChI=1S/C33H34NO4/c1-5-29(24-10-7-6-8-11-24)32(25-14-18-27(19-15-25)37-23-22-34(2)3)26-16-20-28(21-17-26)38-31-13-9-12-30(35)33(31)36-4/h6-12,14-21,35H,5,22-23H2,1-4H3. The van der Waals surface area contributed by atoms with Gasteiger partial charge in [0.05, 0.1) is 7.11 Å². The highest BCUT2D eigenvalue weighted by Gasteiger charge is 2.15. The molecule has 0 aliphatic rings. The quantitative estimate of drug-likeness (QED) is 0.215. The van der Waals surface area contributed by atoms with Crippen molar-refractivity contribution in [2.24, 2.45) is 0 Å². The molecule has 0 saturated heterocycles. The van der Waals surface area contributed by atoms with Crippen molar-refractivity contribution in [1.82, 2.24) is 4.90 Å². The van der Waals surface area contributed by atoms with Gasteiger partial charge in [0.1, 0.15) is 18.1 Å². The van der Waals surface area contributed by atoms with E-state index in [-0.39, 0.29) is 11.5 Å². The second-order valence-electron chi connectivity index (χ2n) is 9.10. The van der Waals surface area contributed by atoms with Crippen molar-refractivity contribution in [2.45, 2.75) is 13.3 Å². The van der Waals surface area contributed by atoms with Crippen LogP contribution in [0.4, 0.5) is 0 Å². The molecule has 0 bridgehead atoms. The van der Waals surface area contributed by atoms with Crippen molar-refractivity contribution in [2.75, 3.05) is 34.4 Å². The molecule has 4 aromatic rings. The highest BCUT2D eigenvalue weighted by molar-refractivity contribution is 5.98. The van der Waals surface area contributed by atoms with Crippen LogP contribution in [0.5, 0.6) is 28.7 Å². The number of hydrogen-bond acceptors (Lipinski definition) is 5. The molecule has 0 aromatic heterocycles. The van der Waals surface area contributed by atoms with Gasteiger partial charge in [-0.3, -0.25) is 0 Å². The average Bonchev–Trinajstić information content (AvgIpc) is 2.93. The average molecular weight is 509 g/mol. The molecular weight excluding hydrogens is 474 g/mol. The molecule has 0 aliphatic carbocycles. The van der Waals surface area contributed by atoms with Crippen molar-refractivity contribution >= 4 is 11.1 Å². The molecule has 38 heavy (non-hydrogen) atoms. The second kappa shape index (κ2) is 12.8. The number of hydrogen-bond donors (Lipinski definition) is 1. The van der Waals surface area contributed by atoms with Crippen LogP contribution in [-0.2, 0) is 0 Å². The van der Waals surface area contributed by atoms with Crippen LogP contribution in [0.3, 0.4) is 0 Å². The Morgan fingerprint density at radius 3 is 2.03 bits per heavy atom. The zero-order chi connectivity index (χ0) is 26.9. The van der Waals surface area contributed by atoms with Gasteiger partial charge >= 0.3 is 0 Å². The van der Waals surface area contributed by atoms with E-state index in [0.717, 1.165) is 35.4 Å². The van der Waals surface area contributed by atoms with E-state index in [1.807, 2.05) is 44.4 Å². The molecule has 0 fully saturated rings. The highest BCUT2D eigenvalue weighted by Crippen LogP contribution is 2.39. The van der Waals surface area contributed by atoms with Crippen LogP contribution in [0.25, 0.3) is 11.1 Å². The summed E-state index contributed by atoms with van der Waals surface area (Å²) in [5, 5.41) is 10.1. The van der Waals surface area contributed by atoms with Crippen molar-refractivity contribution in [3.05, 3.63) is 114 Å². The molecule has 195 valence electrons. The molecular formula is C33H34NO4. The third-order valence-electron chi connectivity index (χ3n) is 6.19. The van der Waals surface area contributed by atoms with Gasteiger partial charge in [0, 0.05) is 12.6 Å².